The van der Waals surface area contributed by atoms with E-state index in [2.05, 4.69) is 22.1 Å². The number of nitrogens with zero attached hydrogens (tertiary/aromatic N) is 2. The number of nitrogens with one attached hydrogen (secondary N) is 1. The summed E-state index contributed by atoms with van der Waals surface area (Å²) in [7, 11) is 0. The van der Waals surface area contributed by atoms with Crippen LogP contribution >= 0.6 is 23.1 Å². The second kappa shape index (κ2) is 7.26. The summed E-state index contributed by atoms with van der Waals surface area (Å²) in [4.78, 5) is 18.4. The van der Waals surface area contributed by atoms with Crippen LogP contribution in [0.2, 0.25) is 0 Å². The maximum Gasteiger partial charge on any atom is 0.236 e. The molecule has 1 aromatic heterocycles. The van der Waals surface area contributed by atoms with Crippen molar-refractivity contribution in [2.24, 2.45) is 5.92 Å². The van der Waals surface area contributed by atoms with Crippen molar-refractivity contribution in [3.05, 3.63) is 11.1 Å². The fourth-order valence-corrected chi connectivity index (χ4v) is 3.43. The Morgan fingerprint density at radius 2 is 2.53 bits per heavy atom. The molecule has 1 saturated heterocycles. The Morgan fingerprint density at radius 1 is 1.68 bits per heavy atom. The van der Waals surface area contributed by atoms with E-state index < -0.39 is 0 Å². The third kappa shape index (κ3) is 4.78. The van der Waals surface area contributed by atoms with Crippen molar-refractivity contribution in [3.63, 3.8) is 0 Å². The highest BCUT2D eigenvalue weighted by Gasteiger charge is 2.17. The van der Waals surface area contributed by atoms with Crippen molar-refractivity contribution in [2.45, 2.75) is 26.3 Å². The van der Waals surface area contributed by atoms with Gasteiger partial charge < -0.3 is 5.32 Å². The number of thioether (sulfide) groups is 1. The molecule has 1 unspecified atom stereocenters. The molecule has 19 heavy (non-hydrogen) atoms. The number of rotatable bonds is 5. The Bertz CT molecular complexity index is 422. The molecule has 4 nitrogen and oxygen atoms in total. The van der Waals surface area contributed by atoms with Gasteiger partial charge in [-0.2, -0.15) is 11.8 Å². The molecule has 0 aromatic carbocycles. The average Bonchev–Trinajstić information content (AvgIpc) is 2.76. The second-order valence-corrected chi connectivity index (χ2v) is 6.83. The van der Waals surface area contributed by atoms with E-state index in [0.717, 1.165) is 36.4 Å². The molecule has 1 N–H and O–H groups in total. The Morgan fingerprint density at radius 3 is 3.26 bits per heavy atom. The van der Waals surface area contributed by atoms with E-state index >= 15 is 0 Å². The predicted molar refractivity (Wildman–Crippen MR) is 82.8 cm³/mol. The van der Waals surface area contributed by atoms with Crippen LogP contribution in [-0.2, 0) is 11.3 Å². The molecule has 6 heteroatoms. The first-order chi connectivity index (χ1) is 9.17. The van der Waals surface area contributed by atoms with Gasteiger partial charge in [0.25, 0.3) is 0 Å². The Balaban J connectivity index is 1.84. The van der Waals surface area contributed by atoms with E-state index in [1.807, 2.05) is 11.6 Å². The van der Waals surface area contributed by atoms with Gasteiger partial charge in [-0.25, -0.2) is 4.98 Å². The van der Waals surface area contributed by atoms with Crippen molar-refractivity contribution in [1.29, 1.82) is 0 Å². The van der Waals surface area contributed by atoms with Crippen LogP contribution in [0.25, 0.3) is 0 Å². The van der Waals surface area contributed by atoms with Crippen molar-refractivity contribution < 1.29 is 4.79 Å². The van der Waals surface area contributed by atoms with E-state index in [4.69, 9.17) is 0 Å². The zero-order valence-electron chi connectivity index (χ0n) is 11.5. The molecule has 1 aromatic rings. The third-order valence-corrected chi connectivity index (χ3v) is 4.56. The summed E-state index contributed by atoms with van der Waals surface area (Å²) in [6.45, 7) is 5.53. The quantitative estimate of drug-likeness (QED) is 0.908. The number of hydrogen-bond acceptors (Lipinski definition) is 5. The molecular formula is C13H21N3OS2. The number of piperidine rings is 1. The van der Waals surface area contributed by atoms with Crippen molar-refractivity contribution >= 4 is 34.1 Å². The van der Waals surface area contributed by atoms with E-state index in [9.17, 15) is 4.79 Å². The fraction of sp³-hybridized carbons (Fsp3) is 0.692. The lowest BCUT2D eigenvalue weighted by molar-refractivity contribution is -0.113. The number of anilines is 1. The van der Waals surface area contributed by atoms with Crippen LogP contribution in [0.1, 0.15) is 25.5 Å². The maximum absolute atomic E-state index is 11.5. The average molecular weight is 299 g/mol. The first-order valence-corrected chi connectivity index (χ1v) is 8.90. The van der Waals surface area contributed by atoms with Crippen LogP contribution in [0, 0.1) is 5.92 Å². The van der Waals surface area contributed by atoms with Gasteiger partial charge in [-0.1, -0.05) is 6.92 Å². The Kier molecular flexibility index (Phi) is 5.66. The van der Waals surface area contributed by atoms with Gasteiger partial charge in [-0.05, 0) is 31.6 Å². The number of aromatic nitrogens is 1. The molecule has 0 bridgehead atoms. The van der Waals surface area contributed by atoms with Gasteiger partial charge in [0, 0.05) is 18.5 Å². The SMILES string of the molecule is CSCC(=O)Nc1nc(CN2CCCC(C)C2)cs1. The van der Waals surface area contributed by atoms with Gasteiger partial charge in [0.1, 0.15) is 0 Å². The van der Waals surface area contributed by atoms with Crippen LogP contribution in [0.15, 0.2) is 5.38 Å². The highest BCUT2D eigenvalue weighted by molar-refractivity contribution is 7.99. The van der Waals surface area contributed by atoms with Crippen LogP contribution in [-0.4, -0.2) is 40.9 Å². The number of thiazole rings is 1. The molecule has 0 spiro atoms. The first kappa shape index (κ1) is 14.8. The number of hydrogen-bond donors (Lipinski definition) is 1. The summed E-state index contributed by atoms with van der Waals surface area (Å²) < 4.78 is 0. The van der Waals surface area contributed by atoms with Crippen LogP contribution in [0.4, 0.5) is 5.13 Å². The van der Waals surface area contributed by atoms with E-state index in [1.165, 1.54) is 35.9 Å². The Labute approximate surface area is 123 Å². The highest BCUT2D eigenvalue weighted by atomic mass is 32.2. The third-order valence-electron chi connectivity index (χ3n) is 3.20. The standard InChI is InChI=1S/C13H21N3OS2/c1-10-4-3-5-16(6-10)7-11-8-19-13(14-11)15-12(17)9-18-2/h8,10H,3-7,9H2,1-2H3,(H,14,15,17). The van der Waals surface area contributed by atoms with Gasteiger partial charge in [0.2, 0.25) is 5.91 Å². The summed E-state index contributed by atoms with van der Waals surface area (Å²) in [6.07, 6.45) is 4.54. The molecule has 0 aliphatic carbocycles. The van der Waals surface area contributed by atoms with Crippen LogP contribution < -0.4 is 5.32 Å². The molecule has 2 rings (SSSR count). The number of amides is 1. The largest absolute Gasteiger partial charge is 0.301 e. The summed E-state index contributed by atoms with van der Waals surface area (Å²) in [5.41, 5.74) is 1.07. The normalized spacial score (nSPS) is 20.4. The molecule has 1 atom stereocenters. The summed E-state index contributed by atoms with van der Waals surface area (Å²) in [6, 6.07) is 0. The summed E-state index contributed by atoms with van der Waals surface area (Å²) in [5.74, 6) is 1.30. The highest BCUT2D eigenvalue weighted by Crippen LogP contribution is 2.20. The van der Waals surface area contributed by atoms with Crippen molar-refractivity contribution in [2.75, 3.05) is 30.4 Å². The van der Waals surface area contributed by atoms with Gasteiger partial charge in [0.15, 0.2) is 5.13 Å². The zero-order valence-corrected chi connectivity index (χ0v) is 13.1. The minimum atomic E-state index is 0.0278. The molecular weight excluding hydrogens is 278 g/mol. The van der Waals surface area contributed by atoms with E-state index in [1.54, 1.807) is 0 Å². The van der Waals surface area contributed by atoms with Gasteiger partial charge in [-0.15, -0.1) is 11.3 Å². The molecule has 106 valence electrons. The Hall–Kier alpha value is -0.590. The van der Waals surface area contributed by atoms with Crippen molar-refractivity contribution in [3.8, 4) is 0 Å². The lowest BCUT2D eigenvalue weighted by Gasteiger charge is -2.30. The molecule has 0 radical (unpaired) electrons. The molecule has 1 aliphatic rings. The fourth-order valence-electron chi connectivity index (χ4n) is 2.38. The molecule has 1 amide bonds. The second-order valence-electron chi connectivity index (χ2n) is 5.11. The maximum atomic E-state index is 11.5. The number of likely N-dealkylation sites (tertiary alicyclic amines) is 1. The predicted octanol–water partition coefficient (Wildman–Crippen LogP) is 2.68. The van der Waals surface area contributed by atoms with Gasteiger partial charge in [-0.3, -0.25) is 9.69 Å². The van der Waals surface area contributed by atoms with E-state index in [-0.39, 0.29) is 5.91 Å². The number of carbonyl (C=O) groups excluding carboxylic acids is 1. The lowest BCUT2D eigenvalue weighted by atomic mass is 10.0. The van der Waals surface area contributed by atoms with Crippen LogP contribution in [0.3, 0.4) is 0 Å². The van der Waals surface area contributed by atoms with E-state index in [0.29, 0.717) is 5.75 Å². The minimum absolute atomic E-state index is 0.0278. The van der Waals surface area contributed by atoms with Crippen molar-refractivity contribution in [1.82, 2.24) is 9.88 Å². The molecule has 1 aliphatic heterocycles. The van der Waals surface area contributed by atoms with Crippen LogP contribution in [0.5, 0.6) is 0 Å². The topological polar surface area (TPSA) is 45.2 Å². The monoisotopic (exact) mass is 299 g/mol. The van der Waals surface area contributed by atoms with Gasteiger partial charge >= 0.3 is 0 Å². The number of carbonyl (C=O) groups is 1. The molecule has 0 saturated carbocycles. The smallest absolute Gasteiger partial charge is 0.236 e. The summed E-state index contributed by atoms with van der Waals surface area (Å²) in [5, 5.41) is 5.61. The summed E-state index contributed by atoms with van der Waals surface area (Å²) >= 11 is 3.04. The molecule has 2 heterocycles. The molecule has 1 fully saturated rings. The minimum Gasteiger partial charge on any atom is -0.301 e. The first-order valence-electron chi connectivity index (χ1n) is 6.63. The zero-order chi connectivity index (χ0) is 13.7. The lowest BCUT2D eigenvalue weighted by Crippen LogP contribution is -2.33. The van der Waals surface area contributed by atoms with Gasteiger partial charge in [0.05, 0.1) is 11.4 Å².